The van der Waals surface area contributed by atoms with Crippen molar-refractivity contribution in [2.24, 2.45) is 0 Å². The number of hydrogen-bond acceptors (Lipinski definition) is 6. The van der Waals surface area contributed by atoms with E-state index in [-0.39, 0.29) is 5.91 Å². The first kappa shape index (κ1) is 21.4. The fourth-order valence-electron chi connectivity index (χ4n) is 3.80. The van der Waals surface area contributed by atoms with Crippen LogP contribution in [0.4, 0.5) is 10.1 Å². The highest BCUT2D eigenvalue weighted by Gasteiger charge is 2.26. The van der Waals surface area contributed by atoms with Gasteiger partial charge in [0.2, 0.25) is 0 Å². The van der Waals surface area contributed by atoms with Crippen molar-refractivity contribution in [3.63, 3.8) is 0 Å². The number of nitrogens with zero attached hydrogens (tertiary/aromatic N) is 6. The molecule has 1 saturated heterocycles. The molecule has 1 aliphatic rings. The Morgan fingerprint density at radius 1 is 1.33 bits per heavy atom. The zero-order valence-electron chi connectivity index (χ0n) is 17.8. The molecule has 0 saturated carbocycles. The first-order valence-corrected chi connectivity index (χ1v) is 10.8. The van der Waals surface area contributed by atoms with Gasteiger partial charge in [-0.1, -0.05) is 11.6 Å². The van der Waals surface area contributed by atoms with E-state index in [9.17, 15) is 9.18 Å². The van der Waals surface area contributed by atoms with Gasteiger partial charge in [-0.2, -0.15) is 10.2 Å². The third-order valence-electron chi connectivity index (χ3n) is 5.51. The van der Waals surface area contributed by atoms with E-state index in [1.165, 1.54) is 10.7 Å². The minimum Gasteiger partial charge on any atom is -0.496 e. The minimum absolute atomic E-state index is 0.335. The van der Waals surface area contributed by atoms with Crippen LogP contribution < -0.4 is 10.1 Å². The molecule has 0 aliphatic carbocycles. The zero-order chi connectivity index (χ0) is 22.9. The molecular weight excluding hydrogens is 449 g/mol. The summed E-state index contributed by atoms with van der Waals surface area (Å²) in [5.74, 6) is 0.203. The van der Waals surface area contributed by atoms with E-state index in [1.807, 2.05) is 4.90 Å². The summed E-state index contributed by atoms with van der Waals surface area (Å²) in [4.78, 5) is 19.4. The van der Waals surface area contributed by atoms with Gasteiger partial charge in [0.15, 0.2) is 5.65 Å². The lowest BCUT2D eigenvalue weighted by molar-refractivity contribution is 0.0619. The van der Waals surface area contributed by atoms with Crippen LogP contribution in [0.1, 0.15) is 10.4 Å². The predicted octanol–water partition coefficient (Wildman–Crippen LogP) is 3.16. The van der Waals surface area contributed by atoms with Crippen LogP contribution in [-0.4, -0.2) is 68.1 Å². The van der Waals surface area contributed by atoms with Crippen molar-refractivity contribution in [3.05, 3.63) is 59.6 Å². The summed E-state index contributed by atoms with van der Waals surface area (Å²) in [6, 6.07) is 6.95. The van der Waals surface area contributed by atoms with E-state index < -0.39 is 6.17 Å². The molecule has 5 rings (SSSR count). The number of nitrogens with one attached hydrogen (secondary N) is 1. The van der Waals surface area contributed by atoms with Crippen LogP contribution in [0.25, 0.3) is 16.9 Å². The lowest BCUT2D eigenvalue weighted by Crippen LogP contribution is -2.49. The molecule has 0 radical (unpaired) electrons. The fraction of sp³-hybridized carbons (Fsp3) is 0.273. The summed E-state index contributed by atoms with van der Waals surface area (Å²) in [6.45, 7) is 2.06. The molecule has 33 heavy (non-hydrogen) atoms. The maximum atomic E-state index is 13.1. The van der Waals surface area contributed by atoms with Crippen molar-refractivity contribution in [1.82, 2.24) is 29.3 Å². The van der Waals surface area contributed by atoms with Gasteiger partial charge in [-0.15, -0.1) is 0 Å². The van der Waals surface area contributed by atoms with E-state index in [0.717, 1.165) is 0 Å². The number of fused-ring (bicyclic) bond motifs is 1. The SMILES string of the molecule is COc1ccc(Cl)cc1-c1nn(CCN2CC(F)C2)cc1NC(=O)c1cnn2cccnc12. The smallest absolute Gasteiger partial charge is 0.261 e. The van der Waals surface area contributed by atoms with E-state index in [0.29, 0.717) is 65.1 Å². The molecule has 0 unspecified atom stereocenters. The van der Waals surface area contributed by atoms with Gasteiger partial charge in [0.1, 0.15) is 23.2 Å². The molecule has 9 nitrogen and oxygen atoms in total. The molecule has 4 aromatic rings. The van der Waals surface area contributed by atoms with Crippen molar-refractivity contribution >= 4 is 28.8 Å². The van der Waals surface area contributed by atoms with Crippen LogP contribution in [0.15, 0.2) is 49.1 Å². The summed E-state index contributed by atoms with van der Waals surface area (Å²) in [5.41, 5.74) is 2.43. The van der Waals surface area contributed by atoms with Crippen molar-refractivity contribution < 1.29 is 13.9 Å². The van der Waals surface area contributed by atoms with E-state index in [4.69, 9.17) is 16.3 Å². The summed E-state index contributed by atoms with van der Waals surface area (Å²) in [7, 11) is 1.56. The Balaban J connectivity index is 1.48. The first-order chi connectivity index (χ1) is 16.0. The Labute approximate surface area is 193 Å². The topological polar surface area (TPSA) is 89.6 Å². The van der Waals surface area contributed by atoms with Gasteiger partial charge >= 0.3 is 0 Å². The van der Waals surface area contributed by atoms with Gasteiger partial charge < -0.3 is 10.1 Å². The molecule has 3 aromatic heterocycles. The maximum absolute atomic E-state index is 13.1. The highest BCUT2D eigenvalue weighted by Crippen LogP contribution is 2.36. The summed E-state index contributed by atoms with van der Waals surface area (Å²) < 4.78 is 21.9. The van der Waals surface area contributed by atoms with Gasteiger partial charge in [0.25, 0.3) is 5.91 Å². The number of carbonyl (C=O) groups is 1. The third-order valence-corrected chi connectivity index (χ3v) is 5.74. The number of aromatic nitrogens is 5. The predicted molar refractivity (Wildman–Crippen MR) is 122 cm³/mol. The quantitative estimate of drug-likeness (QED) is 0.447. The Bertz CT molecular complexity index is 1320. The lowest BCUT2D eigenvalue weighted by Gasteiger charge is -2.33. The number of carbonyl (C=O) groups excluding carboxylic acids is 1. The maximum Gasteiger partial charge on any atom is 0.261 e. The molecule has 170 valence electrons. The summed E-state index contributed by atoms with van der Waals surface area (Å²) in [6.07, 6.45) is 5.78. The van der Waals surface area contributed by atoms with Gasteiger partial charge in [-0.05, 0) is 24.3 Å². The average Bonchev–Trinajstić information content (AvgIpc) is 3.40. The van der Waals surface area contributed by atoms with E-state index >= 15 is 0 Å². The molecule has 1 aromatic carbocycles. The van der Waals surface area contributed by atoms with Crippen molar-refractivity contribution in [1.29, 1.82) is 0 Å². The van der Waals surface area contributed by atoms with Gasteiger partial charge in [-0.25, -0.2) is 13.9 Å². The fourth-order valence-corrected chi connectivity index (χ4v) is 3.97. The number of benzene rings is 1. The zero-order valence-corrected chi connectivity index (χ0v) is 18.5. The molecule has 11 heteroatoms. The van der Waals surface area contributed by atoms with E-state index in [1.54, 1.807) is 54.6 Å². The first-order valence-electron chi connectivity index (χ1n) is 10.4. The number of rotatable bonds is 7. The molecule has 1 amide bonds. The highest BCUT2D eigenvalue weighted by molar-refractivity contribution is 6.31. The van der Waals surface area contributed by atoms with Crippen LogP contribution in [-0.2, 0) is 6.54 Å². The molecular formula is C22H21ClFN7O2. The molecule has 0 atom stereocenters. The second-order valence-electron chi connectivity index (χ2n) is 7.76. The number of anilines is 1. The van der Waals surface area contributed by atoms with Crippen LogP contribution in [0.5, 0.6) is 5.75 Å². The van der Waals surface area contributed by atoms with Crippen LogP contribution in [0.2, 0.25) is 5.02 Å². The number of methoxy groups -OCH3 is 1. The van der Waals surface area contributed by atoms with Crippen LogP contribution >= 0.6 is 11.6 Å². The average molecular weight is 470 g/mol. The number of halogens is 2. The van der Waals surface area contributed by atoms with Gasteiger partial charge in [0, 0.05) is 48.8 Å². The Morgan fingerprint density at radius 2 is 2.18 bits per heavy atom. The van der Waals surface area contributed by atoms with Crippen molar-refractivity contribution in [2.45, 2.75) is 12.7 Å². The molecule has 1 N–H and O–H groups in total. The number of likely N-dealkylation sites (tertiary alicyclic amines) is 1. The van der Waals surface area contributed by atoms with Crippen molar-refractivity contribution in [2.75, 3.05) is 32.1 Å². The number of ether oxygens (including phenoxy) is 1. The second kappa shape index (κ2) is 8.80. The lowest BCUT2D eigenvalue weighted by atomic mass is 10.1. The molecule has 4 heterocycles. The summed E-state index contributed by atoms with van der Waals surface area (Å²) in [5, 5.41) is 12.3. The summed E-state index contributed by atoms with van der Waals surface area (Å²) >= 11 is 6.24. The van der Waals surface area contributed by atoms with Gasteiger partial charge in [0.05, 0.1) is 25.5 Å². The standard InChI is InChI=1S/C22H21ClFN7O2/c1-33-19-4-3-14(23)9-16(19)20-18(13-30(28-20)8-7-29-11-15(24)12-29)27-22(32)17-10-26-31-6-2-5-25-21(17)31/h2-6,9-10,13,15H,7-8,11-12H2,1H3,(H,27,32). The molecule has 0 spiro atoms. The molecule has 1 aliphatic heterocycles. The van der Waals surface area contributed by atoms with Gasteiger partial charge in [-0.3, -0.25) is 14.4 Å². The number of alkyl halides is 1. The van der Waals surface area contributed by atoms with Crippen molar-refractivity contribution in [3.8, 4) is 17.0 Å². The Morgan fingerprint density at radius 3 is 2.97 bits per heavy atom. The minimum atomic E-state index is -0.761. The third kappa shape index (κ3) is 4.27. The van der Waals surface area contributed by atoms with Crippen LogP contribution in [0, 0.1) is 0 Å². The number of amides is 1. The second-order valence-corrected chi connectivity index (χ2v) is 8.19. The molecule has 1 fully saturated rings. The monoisotopic (exact) mass is 469 g/mol. The molecule has 0 bridgehead atoms. The Kier molecular flexibility index (Phi) is 5.69. The Hall–Kier alpha value is -3.50. The highest BCUT2D eigenvalue weighted by atomic mass is 35.5. The normalized spacial score (nSPS) is 14.4. The number of hydrogen-bond donors (Lipinski definition) is 1. The largest absolute Gasteiger partial charge is 0.496 e. The van der Waals surface area contributed by atoms with Crippen LogP contribution in [0.3, 0.4) is 0 Å². The van der Waals surface area contributed by atoms with E-state index in [2.05, 4.69) is 20.5 Å².